The average Bonchev–Trinajstić information content (AvgIpc) is 3.43. The van der Waals surface area contributed by atoms with Gasteiger partial charge in [0.05, 0.1) is 11.8 Å². The molecule has 1 saturated heterocycles. The minimum absolute atomic E-state index is 0.0957. The number of allylic oxidation sites excluding steroid dienone is 2. The number of hydrogen-bond donors (Lipinski definition) is 1. The van der Waals surface area contributed by atoms with E-state index < -0.39 is 5.91 Å². The molecule has 1 aromatic carbocycles. The molecule has 1 aromatic rings. The fraction of sp³-hybridized carbons (Fsp3) is 0.429. The van der Waals surface area contributed by atoms with E-state index in [1.54, 1.807) is 24.3 Å². The van der Waals surface area contributed by atoms with E-state index >= 15 is 0 Å². The molecular formula is C21H20N2O4. The summed E-state index contributed by atoms with van der Waals surface area (Å²) in [5.74, 6) is -0.117. The zero-order valence-electron chi connectivity index (χ0n) is 14.9. The predicted octanol–water partition coefficient (Wildman–Crippen LogP) is 1.88. The van der Waals surface area contributed by atoms with Crippen molar-refractivity contribution in [2.75, 3.05) is 11.9 Å². The van der Waals surface area contributed by atoms with Gasteiger partial charge < -0.3 is 5.32 Å². The fourth-order valence-corrected chi connectivity index (χ4v) is 5.33. The minimum atomic E-state index is -0.429. The van der Waals surface area contributed by atoms with Crippen molar-refractivity contribution in [3.05, 3.63) is 42.0 Å². The first-order valence-corrected chi connectivity index (χ1v) is 9.40. The van der Waals surface area contributed by atoms with Gasteiger partial charge in [-0.2, -0.15) is 0 Å². The number of carbonyl (C=O) groups is 4. The first-order valence-electron chi connectivity index (χ1n) is 9.40. The highest BCUT2D eigenvalue weighted by Crippen LogP contribution is 2.65. The monoisotopic (exact) mass is 364 g/mol. The predicted molar refractivity (Wildman–Crippen MR) is 96.5 cm³/mol. The molecule has 6 rings (SSSR count). The van der Waals surface area contributed by atoms with Crippen LogP contribution in [-0.2, 0) is 14.4 Å². The summed E-state index contributed by atoms with van der Waals surface area (Å²) in [5, 5.41) is 2.69. The van der Waals surface area contributed by atoms with Crippen molar-refractivity contribution in [3.8, 4) is 0 Å². The molecule has 5 aliphatic rings. The summed E-state index contributed by atoms with van der Waals surface area (Å²) in [6.45, 7) is 1.18. The summed E-state index contributed by atoms with van der Waals surface area (Å²) in [7, 11) is 0. The standard InChI is InChI=1S/C21H20N2O4/c1-10(24)11-3-2-4-12(7-11)22-17(25)9-23-20(26)18-13-5-6-14(16-8-15(13)16)19(18)21(23)27/h2-7,13-16,18-19H,8-9H2,1H3,(H,22,25)/t13-,14-,15-,16-,18-,19+/m0/s1. The van der Waals surface area contributed by atoms with Crippen LogP contribution in [-0.4, -0.2) is 34.9 Å². The summed E-state index contributed by atoms with van der Waals surface area (Å²) >= 11 is 0. The van der Waals surface area contributed by atoms with Crippen LogP contribution in [0.5, 0.6) is 0 Å². The molecule has 4 aliphatic carbocycles. The van der Waals surface area contributed by atoms with Gasteiger partial charge in [-0.15, -0.1) is 0 Å². The molecule has 0 spiro atoms. The molecule has 6 atom stereocenters. The van der Waals surface area contributed by atoms with Crippen molar-refractivity contribution >= 4 is 29.2 Å². The summed E-state index contributed by atoms with van der Waals surface area (Å²) in [5.41, 5.74) is 0.973. The molecule has 1 heterocycles. The highest BCUT2D eigenvalue weighted by Gasteiger charge is 2.67. The Bertz CT molecular complexity index is 885. The number of likely N-dealkylation sites (tertiary alicyclic amines) is 1. The third kappa shape index (κ3) is 2.39. The number of anilines is 1. The molecule has 0 unspecified atom stereocenters. The van der Waals surface area contributed by atoms with Gasteiger partial charge in [-0.25, -0.2) is 0 Å². The Hall–Kier alpha value is -2.76. The van der Waals surface area contributed by atoms with Crippen LogP contribution in [0.25, 0.3) is 0 Å². The van der Waals surface area contributed by atoms with Gasteiger partial charge in [0, 0.05) is 11.3 Å². The van der Waals surface area contributed by atoms with Crippen LogP contribution in [0.3, 0.4) is 0 Å². The highest BCUT2D eigenvalue weighted by molar-refractivity contribution is 6.09. The first kappa shape index (κ1) is 16.4. The second-order valence-electron chi connectivity index (χ2n) is 8.10. The normalized spacial score (nSPS) is 35.1. The average molecular weight is 364 g/mol. The number of rotatable bonds is 4. The van der Waals surface area contributed by atoms with E-state index in [4.69, 9.17) is 0 Å². The molecule has 138 valence electrons. The molecular weight excluding hydrogens is 344 g/mol. The maximum atomic E-state index is 12.9. The first-order chi connectivity index (χ1) is 13.0. The molecule has 6 nitrogen and oxygen atoms in total. The summed E-state index contributed by atoms with van der Waals surface area (Å²) in [6.07, 6.45) is 5.34. The van der Waals surface area contributed by atoms with E-state index in [1.165, 1.54) is 6.92 Å². The molecule has 0 aromatic heterocycles. The molecule has 2 bridgehead atoms. The van der Waals surface area contributed by atoms with E-state index in [9.17, 15) is 19.2 Å². The maximum absolute atomic E-state index is 12.9. The van der Waals surface area contributed by atoms with Crippen LogP contribution in [0.4, 0.5) is 5.69 Å². The zero-order valence-corrected chi connectivity index (χ0v) is 14.9. The van der Waals surface area contributed by atoms with Crippen LogP contribution in [0, 0.1) is 35.5 Å². The molecule has 2 saturated carbocycles. The smallest absolute Gasteiger partial charge is 0.244 e. The van der Waals surface area contributed by atoms with Gasteiger partial charge in [-0.05, 0) is 49.1 Å². The number of benzene rings is 1. The quantitative estimate of drug-likeness (QED) is 0.502. The Morgan fingerprint density at radius 2 is 1.70 bits per heavy atom. The number of Topliss-reactive ketones (excluding diaryl/α,β-unsaturated/α-hetero) is 1. The van der Waals surface area contributed by atoms with Gasteiger partial charge >= 0.3 is 0 Å². The van der Waals surface area contributed by atoms with Gasteiger partial charge in [0.2, 0.25) is 17.7 Å². The molecule has 27 heavy (non-hydrogen) atoms. The number of imide groups is 1. The second kappa shape index (κ2) is 5.62. The Kier molecular flexibility index (Phi) is 3.41. The van der Waals surface area contributed by atoms with E-state index in [-0.39, 0.29) is 47.8 Å². The Balaban J connectivity index is 1.31. The molecule has 1 aliphatic heterocycles. The largest absolute Gasteiger partial charge is 0.325 e. The van der Waals surface area contributed by atoms with Crippen molar-refractivity contribution in [1.82, 2.24) is 4.90 Å². The SMILES string of the molecule is CC(=O)c1cccc(NC(=O)CN2C(=O)[C@@H]3[C@H]4C=C[C@@H]([C@@H]5C[C@@H]45)[C@@H]3C2=O)c1. The van der Waals surface area contributed by atoms with Crippen molar-refractivity contribution in [2.24, 2.45) is 35.5 Å². The lowest BCUT2D eigenvalue weighted by atomic mass is 9.63. The van der Waals surface area contributed by atoms with Crippen LogP contribution in [0.1, 0.15) is 23.7 Å². The van der Waals surface area contributed by atoms with Gasteiger partial charge in [-0.3, -0.25) is 24.1 Å². The Morgan fingerprint density at radius 1 is 1.07 bits per heavy atom. The van der Waals surface area contributed by atoms with Gasteiger partial charge in [0.15, 0.2) is 5.78 Å². The fourth-order valence-electron chi connectivity index (χ4n) is 5.33. The van der Waals surface area contributed by atoms with E-state index in [0.29, 0.717) is 23.1 Å². The minimum Gasteiger partial charge on any atom is -0.325 e. The highest BCUT2D eigenvalue weighted by atomic mass is 16.2. The van der Waals surface area contributed by atoms with Crippen LogP contribution in [0.15, 0.2) is 36.4 Å². The molecule has 6 heteroatoms. The lowest BCUT2D eigenvalue weighted by Crippen LogP contribution is -2.40. The summed E-state index contributed by atoms with van der Waals surface area (Å²) in [6, 6.07) is 6.62. The topological polar surface area (TPSA) is 83.6 Å². The van der Waals surface area contributed by atoms with Crippen LogP contribution < -0.4 is 5.32 Å². The lowest BCUT2D eigenvalue weighted by molar-refractivity contribution is -0.142. The van der Waals surface area contributed by atoms with Crippen molar-refractivity contribution in [2.45, 2.75) is 13.3 Å². The maximum Gasteiger partial charge on any atom is 0.244 e. The van der Waals surface area contributed by atoms with Gasteiger partial charge in [0.25, 0.3) is 0 Å². The van der Waals surface area contributed by atoms with Crippen molar-refractivity contribution in [1.29, 1.82) is 0 Å². The van der Waals surface area contributed by atoms with Crippen molar-refractivity contribution < 1.29 is 19.2 Å². The summed E-state index contributed by atoms with van der Waals surface area (Å²) < 4.78 is 0. The number of nitrogens with zero attached hydrogens (tertiary/aromatic N) is 1. The van der Waals surface area contributed by atoms with Gasteiger partial charge in [0.1, 0.15) is 6.54 Å². The number of amides is 3. The number of ketones is 1. The molecule has 3 amide bonds. The van der Waals surface area contributed by atoms with E-state index in [2.05, 4.69) is 17.5 Å². The third-order valence-electron chi connectivity index (χ3n) is 6.61. The number of nitrogens with one attached hydrogen (secondary N) is 1. The lowest BCUT2D eigenvalue weighted by Gasteiger charge is -2.37. The molecule has 1 N–H and O–H groups in total. The zero-order chi connectivity index (χ0) is 18.9. The van der Waals surface area contributed by atoms with E-state index in [0.717, 1.165) is 11.3 Å². The van der Waals surface area contributed by atoms with Crippen LogP contribution in [0.2, 0.25) is 0 Å². The van der Waals surface area contributed by atoms with Crippen molar-refractivity contribution in [3.63, 3.8) is 0 Å². The molecule has 0 radical (unpaired) electrons. The second-order valence-corrected chi connectivity index (χ2v) is 8.10. The van der Waals surface area contributed by atoms with Gasteiger partial charge in [-0.1, -0.05) is 24.3 Å². The number of carbonyl (C=O) groups excluding carboxylic acids is 4. The summed E-state index contributed by atoms with van der Waals surface area (Å²) in [4.78, 5) is 50.8. The third-order valence-corrected chi connectivity index (χ3v) is 6.61. The number of hydrogen-bond acceptors (Lipinski definition) is 4. The Labute approximate surface area is 156 Å². The Morgan fingerprint density at radius 3 is 2.30 bits per heavy atom. The van der Waals surface area contributed by atoms with Crippen LogP contribution >= 0.6 is 0 Å². The van der Waals surface area contributed by atoms with E-state index in [1.807, 2.05) is 0 Å². The molecule has 3 fully saturated rings.